The minimum Gasteiger partial charge on any atom is -0.454 e. The summed E-state index contributed by atoms with van der Waals surface area (Å²) in [5.74, 6) is 0.780. The van der Waals surface area contributed by atoms with Crippen molar-refractivity contribution in [3.05, 3.63) is 50.6 Å². The summed E-state index contributed by atoms with van der Waals surface area (Å²) in [6.07, 6.45) is 1.78. The average molecular weight is 449 g/mol. The highest BCUT2D eigenvalue weighted by Gasteiger charge is 2.36. The van der Waals surface area contributed by atoms with Crippen molar-refractivity contribution in [2.75, 3.05) is 20.5 Å². The molecule has 0 N–H and O–H groups in total. The Morgan fingerprint density at radius 1 is 1.20 bits per heavy atom. The van der Waals surface area contributed by atoms with E-state index in [1.807, 2.05) is 19.9 Å². The Hall–Kier alpha value is -2.42. The molecule has 3 heterocycles. The van der Waals surface area contributed by atoms with Gasteiger partial charge in [-0.1, -0.05) is 11.6 Å². The highest BCUT2D eigenvalue weighted by Crippen LogP contribution is 2.39. The van der Waals surface area contributed by atoms with Crippen molar-refractivity contribution in [3.8, 4) is 11.5 Å². The lowest BCUT2D eigenvalue weighted by atomic mass is 10.2. The third-order valence-corrected chi connectivity index (χ3v) is 6.42. The smallest absolute Gasteiger partial charge is 0.293 e. The van der Waals surface area contributed by atoms with Crippen LogP contribution in [0.5, 0.6) is 11.5 Å². The molecule has 1 aromatic carbocycles. The van der Waals surface area contributed by atoms with Crippen LogP contribution in [0, 0.1) is 13.8 Å². The third-order valence-electron chi connectivity index (χ3n) is 5.16. The number of thioether (sulfide) groups is 1. The largest absolute Gasteiger partial charge is 0.454 e. The van der Waals surface area contributed by atoms with Crippen molar-refractivity contribution in [2.24, 2.45) is 0 Å². The van der Waals surface area contributed by atoms with E-state index in [0.717, 1.165) is 35.3 Å². The second-order valence-corrected chi connectivity index (χ2v) is 8.44. The second-order valence-electron chi connectivity index (χ2n) is 7.04. The van der Waals surface area contributed by atoms with E-state index < -0.39 is 0 Å². The Labute approximate surface area is 183 Å². The van der Waals surface area contributed by atoms with Gasteiger partial charge in [-0.05, 0) is 54.9 Å². The van der Waals surface area contributed by atoms with Gasteiger partial charge in [-0.25, -0.2) is 0 Å². The molecule has 1 saturated heterocycles. The van der Waals surface area contributed by atoms with Crippen LogP contribution in [0.1, 0.15) is 22.5 Å². The number of carbonyl (C=O) groups is 2. The highest BCUT2D eigenvalue weighted by atomic mass is 35.5. The number of hydrogen-bond donors (Lipinski definition) is 0. The zero-order valence-electron chi connectivity index (χ0n) is 16.9. The first kappa shape index (κ1) is 20.8. The number of nitrogens with zero attached hydrogens (tertiary/aromatic N) is 2. The third kappa shape index (κ3) is 3.82. The number of hydrogen-bond acceptors (Lipinski definition) is 6. The molecule has 0 radical (unpaired) electrons. The van der Waals surface area contributed by atoms with Gasteiger partial charge >= 0.3 is 0 Å². The van der Waals surface area contributed by atoms with Crippen molar-refractivity contribution in [2.45, 2.75) is 26.9 Å². The van der Waals surface area contributed by atoms with Crippen molar-refractivity contribution in [3.63, 3.8) is 0 Å². The number of amides is 2. The zero-order valence-corrected chi connectivity index (χ0v) is 18.4. The van der Waals surface area contributed by atoms with Crippen molar-refractivity contribution < 1.29 is 23.8 Å². The average Bonchev–Trinajstić information content (AvgIpc) is 3.34. The van der Waals surface area contributed by atoms with Gasteiger partial charge in [0.05, 0.1) is 18.1 Å². The van der Waals surface area contributed by atoms with Gasteiger partial charge in [0.25, 0.3) is 11.1 Å². The summed E-state index contributed by atoms with van der Waals surface area (Å²) in [6.45, 7) is 5.53. The molecular formula is C21H21ClN2O5S. The van der Waals surface area contributed by atoms with Crippen LogP contribution < -0.4 is 9.47 Å². The Morgan fingerprint density at radius 2 is 1.93 bits per heavy atom. The fourth-order valence-electron chi connectivity index (χ4n) is 3.53. The van der Waals surface area contributed by atoms with E-state index in [2.05, 4.69) is 4.57 Å². The number of fused-ring (bicyclic) bond motifs is 1. The molecule has 2 aliphatic heterocycles. The lowest BCUT2D eigenvalue weighted by Crippen LogP contribution is -2.27. The molecule has 9 heteroatoms. The molecule has 0 spiro atoms. The van der Waals surface area contributed by atoms with Gasteiger partial charge < -0.3 is 18.8 Å². The molecule has 0 aliphatic carbocycles. The first-order valence-corrected chi connectivity index (χ1v) is 10.6. The summed E-state index contributed by atoms with van der Waals surface area (Å²) < 4.78 is 18.0. The minimum absolute atomic E-state index is 0.0738. The van der Waals surface area contributed by atoms with Crippen LogP contribution in [0.25, 0.3) is 6.08 Å². The van der Waals surface area contributed by atoms with Gasteiger partial charge in [0, 0.05) is 36.1 Å². The number of carbonyl (C=O) groups excluding carboxylic acids is 2. The molecule has 0 unspecified atom stereocenters. The molecule has 1 fully saturated rings. The Kier molecular flexibility index (Phi) is 5.81. The van der Waals surface area contributed by atoms with Gasteiger partial charge in [0.1, 0.15) is 0 Å². The summed E-state index contributed by atoms with van der Waals surface area (Å²) in [6, 6.07) is 5.36. The molecule has 0 saturated carbocycles. The lowest BCUT2D eigenvalue weighted by molar-refractivity contribution is -0.123. The SMILES string of the molecule is COCCn1c(C)cc(/C=C2\SC(=O)N(Cc3cc4c(cc3Cl)OCO4)C2=O)c1C. The standard InChI is InChI=1S/C21H21ClN2O5S/c1-12-6-14(13(2)23(12)4-5-27-3)8-19-20(25)24(21(26)30-19)10-15-7-17-18(9-16(15)22)29-11-28-17/h6-9H,4-5,10-11H2,1-3H3/b19-8-. The molecular weight excluding hydrogens is 428 g/mol. The number of halogens is 1. The summed E-state index contributed by atoms with van der Waals surface area (Å²) in [5, 5.41) is 0.0946. The van der Waals surface area contributed by atoms with Crippen LogP contribution in [0.4, 0.5) is 4.79 Å². The second kappa shape index (κ2) is 8.37. The number of benzene rings is 1. The van der Waals surface area contributed by atoms with E-state index in [1.54, 1.807) is 25.3 Å². The van der Waals surface area contributed by atoms with E-state index >= 15 is 0 Å². The zero-order chi connectivity index (χ0) is 21.4. The summed E-state index contributed by atoms with van der Waals surface area (Å²) in [4.78, 5) is 27.1. The van der Waals surface area contributed by atoms with Gasteiger partial charge in [-0.3, -0.25) is 14.5 Å². The van der Waals surface area contributed by atoms with E-state index in [0.29, 0.717) is 33.6 Å². The Morgan fingerprint density at radius 3 is 2.67 bits per heavy atom. The topological polar surface area (TPSA) is 70.0 Å². The maximum Gasteiger partial charge on any atom is 0.293 e. The molecule has 4 rings (SSSR count). The van der Waals surface area contributed by atoms with Crippen LogP contribution in [-0.2, 0) is 22.6 Å². The minimum atomic E-state index is -0.333. The quantitative estimate of drug-likeness (QED) is 0.611. The number of ether oxygens (including phenoxy) is 3. The summed E-state index contributed by atoms with van der Waals surface area (Å²) >= 11 is 7.25. The van der Waals surface area contributed by atoms with Gasteiger partial charge in [0.2, 0.25) is 6.79 Å². The van der Waals surface area contributed by atoms with E-state index in [-0.39, 0.29) is 24.5 Å². The monoisotopic (exact) mass is 448 g/mol. The van der Waals surface area contributed by atoms with Crippen LogP contribution in [0.2, 0.25) is 5.02 Å². The summed E-state index contributed by atoms with van der Waals surface area (Å²) in [7, 11) is 1.66. The van der Waals surface area contributed by atoms with Crippen LogP contribution in [-0.4, -0.2) is 41.1 Å². The number of aromatic nitrogens is 1. The molecule has 1 aromatic heterocycles. The van der Waals surface area contributed by atoms with Gasteiger partial charge in [-0.15, -0.1) is 0 Å². The first-order chi connectivity index (χ1) is 14.4. The molecule has 2 amide bonds. The number of aryl methyl sites for hydroxylation is 1. The predicted octanol–water partition coefficient (Wildman–Crippen LogP) is 4.37. The molecule has 158 valence electrons. The normalized spacial score (nSPS) is 16.9. The molecule has 2 aliphatic rings. The van der Waals surface area contributed by atoms with Crippen molar-refractivity contribution >= 4 is 40.6 Å². The van der Waals surface area contributed by atoms with Crippen molar-refractivity contribution in [1.29, 1.82) is 0 Å². The van der Waals surface area contributed by atoms with Crippen LogP contribution >= 0.6 is 23.4 Å². The van der Waals surface area contributed by atoms with Crippen molar-refractivity contribution in [1.82, 2.24) is 9.47 Å². The number of rotatable bonds is 6. The van der Waals surface area contributed by atoms with Gasteiger partial charge in [0.15, 0.2) is 11.5 Å². The lowest BCUT2D eigenvalue weighted by Gasteiger charge is -2.14. The van der Waals surface area contributed by atoms with E-state index in [9.17, 15) is 9.59 Å². The van der Waals surface area contributed by atoms with Crippen LogP contribution in [0.15, 0.2) is 23.1 Å². The molecule has 0 bridgehead atoms. The molecule has 0 atom stereocenters. The maximum absolute atomic E-state index is 12.9. The van der Waals surface area contributed by atoms with E-state index in [1.165, 1.54) is 4.90 Å². The Bertz CT molecular complexity index is 1060. The van der Waals surface area contributed by atoms with E-state index in [4.69, 9.17) is 25.8 Å². The number of imide groups is 1. The predicted molar refractivity (Wildman–Crippen MR) is 115 cm³/mol. The van der Waals surface area contributed by atoms with Gasteiger partial charge in [-0.2, -0.15) is 0 Å². The maximum atomic E-state index is 12.9. The molecule has 7 nitrogen and oxygen atoms in total. The molecule has 2 aromatic rings. The summed E-state index contributed by atoms with van der Waals surface area (Å²) in [5.41, 5.74) is 3.63. The highest BCUT2D eigenvalue weighted by molar-refractivity contribution is 8.18. The molecule has 30 heavy (non-hydrogen) atoms. The first-order valence-electron chi connectivity index (χ1n) is 9.38. The van der Waals surface area contributed by atoms with Crippen LogP contribution in [0.3, 0.4) is 0 Å². The Balaban J connectivity index is 1.56. The fourth-order valence-corrected chi connectivity index (χ4v) is 4.57. The number of methoxy groups -OCH3 is 1. The fraction of sp³-hybridized carbons (Fsp3) is 0.333.